The molecule has 1 heterocycles. The second-order valence-electron chi connectivity index (χ2n) is 5.04. The first kappa shape index (κ1) is 13.4. The lowest BCUT2D eigenvalue weighted by Gasteiger charge is -2.29. The zero-order chi connectivity index (χ0) is 13.2. The van der Waals surface area contributed by atoms with Gasteiger partial charge in [-0.05, 0) is 50.9 Å². The van der Waals surface area contributed by atoms with E-state index in [1.54, 1.807) is 12.2 Å². The van der Waals surface area contributed by atoms with Crippen LogP contribution in [0.1, 0.15) is 19.3 Å². The van der Waals surface area contributed by atoms with Crippen molar-refractivity contribution in [1.82, 2.24) is 4.90 Å². The molecule has 0 N–H and O–H groups in total. The van der Waals surface area contributed by atoms with Crippen LogP contribution in [0.15, 0.2) is 35.5 Å². The first-order valence-corrected chi connectivity index (χ1v) is 6.30. The van der Waals surface area contributed by atoms with Crippen molar-refractivity contribution in [1.29, 1.82) is 0 Å². The van der Waals surface area contributed by atoms with Gasteiger partial charge in [0.25, 0.3) is 0 Å². The summed E-state index contributed by atoms with van der Waals surface area (Å²) >= 11 is 0. The molecule has 0 aromatic rings. The molecule has 0 spiro atoms. The van der Waals surface area contributed by atoms with Crippen molar-refractivity contribution >= 4 is 0 Å². The standard InChI is InChI=1S/C14H18F3N/c1-18-8-6-11(7-9-18)12-4-2-3-5-13(10-12)14(15,16)17/h2-4,10-11H,5-9H2,1H3. The molecule has 0 atom stereocenters. The highest BCUT2D eigenvalue weighted by Crippen LogP contribution is 2.34. The number of alkyl halides is 3. The summed E-state index contributed by atoms with van der Waals surface area (Å²) in [5.41, 5.74) is 0.408. The number of halogens is 3. The molecule has 0 unspecified atom stereocenters. The van der Waals surface area contributed by atoms with Crippen molar-refractivity contribution in [2.24, 2.45) is 5.92 Å². The van der Waals surface area contributed by atoms with Gasteiger partial charge in [-0.1, -0.05) is 24.3 Å². The predicted molar refractivity (Wildman–Crippen MR) is 66.2 cm³/mol. The highest BCUT2D eigenvalue weighted by Gasteiger charge is 2.33. The van der Waals surface area contributed by atoms with Crippen LogP contribution in [0.3, 0.4) is 0 Å². The SMILES string of the molecule is CN1CCC(C2=CC=CCC(C(F)(F)F)=C2)CC1. The van der Waals surface area contributed by atoms with Gasteiger partial charge in [0.15, 0.2) is 0 Å². The molecule has 0 saturated carbocycles. The van der Waals surface area contributed by atoms with Crippen LogP contribution in [0.5, 0.6) is 0 Å². The maximum absolute atomic E-state index is 12.8. The molecule has 0 bridgehead atoms. The van der Waals surface area contributed by atoms with Gasteiger partial charge in [0.05, 0.1) is 0 Å². The summed E-state index contributed by atoms with van der Waals surface area (Å²) in [6.07, 6.45) is 4.19. The van der Waals surface area contributed by atoms with E-state index in [1.165, 1.54) is 6.08 Å². The lowest BCUT2D eigenvalue weighted by Crippen LogP contribution is -2.30. The Labute approximate surface area is 106 Å². The number of piperidine rings is 1. The largest absolute Gasteiger partial charge is 0.413 e. The predicted octanol–water partition coefficient (Wildman–Crippen LogP) is 3.70. The first-order valence-electron chi connectivity index (χ1n) is 6.30. The van der Waals surface area contributed by atoms with Crippen LogP contribution in [0.4, 0.5) is 13.2 Å². The zero-order valence-corrected chi connectivity index (χ0v) is 10.5. The molecule has 0 radical (unpaired) electrons. The molecular weight excluding hydrogens is 239 g/mol. The van der Waals surface area contributed by atoms with Crippen LogP contribution in [-0.2, 0) is 0 Å². The Morgan fingerprint density at radius 3 is 2.50 bits per heavy atom. The van der Waals surface area contributed by atoms with E-state index < -0.39 is 11.7 Å². The van der Waals surface area contributed by atoms with Gasteiger partial charge < -0.3 is 4.90 Å². The van der Waals surface area contributed by atoms with Crippen LogP contribution >= 0.6 is 0 Å². The first-order chi connectivity index (χ1) is 8.47. The van der Waals surface area contributed by atoms with E-state index in [2.05, 4.69) is 11.9 Å². The van der Waals surface area contributed by atoms with Crippen molar-refractivity contribution in [2.75, 3.05) is 20.1 Å². The lowest BCUT2D eigenvalue weighted by molar-refractivity contribution is -0.0929. The van der Waals surface area contributed by atoms with Gasteiger partial charge in [0.1, 0.15) is 0 Å². The number of likely N-dealkylation sites (tertiary alicyclic amines) is 1. The van der Waals surface area contributed by atoms with Gasteiger partial charge in [-0.2, -0.15) is 13.2 Å². The summed E-state index contributed by atoms with van der Waals surface area (Å²) in [7, 11) is 2.05. The number of allylic oxidation sites excluding steroid dienone is 6. The van der Waals surface area contributed by atoms with E-state index in [0.29, 0.717) is 0 Å². The fraction of sp³-hybridized carbons (Fsp3) is 0.571. The molecule has 1 nitrogen and oxygen atoms in total. The molecule has 0 amide bonds. The van der Waals surface area contributed by atoms with Crippen LogP contribution in [0.2, 0.25) is 0 Å². The van der Waals surface area contributed by atoms with E-state index in [9.17, 15) is 13.2 Å². The fourth-order valence-electron chi connectivity index (χ4n) is 2.48. The molecule has 1 aliphatic carbocycles. The third kappa shape index (κ3) is 3.25. The molecule has 0 aromatic heterocycles. The molecule has 100 valence electrons. The maximum atomic E-state index is 12.8. The Bertz CT molecular complexity index is 382. The summed E-state index contributed by atoms with van der Waals surface area (Å²) in [5.74, 6) is 0.265. The van der Waals surface area contributed by atoms with Gasteiger partial charge in [0.2, 0.25) is 0 Å². The fourth-order valence-corrected chi connectivity index (χ4v) is 2.48. The Kier molecular flexibility index (Phi) is 3.95. The number of hydrogen-bond donors (Lipinski definition) is 0. The number of hydrogen-bond acceptors (Lipinski definition) is 1. The van der Waals surface area contributed by atoms with E-state index >= 15 is 0 Å². The summed E-state index contributed by atoms with van der Waals surface area (Å²) in [6.45, 7) is 1.92. The van der Waals surface area contributed by atoms with Gasteiger partial charge in [-0.3, -0.25) is 0 Å². The van der Waals surface area contributed by atoms with Crippen molar-refractivity contribution in [3.63, 3.8) is 0 Å². The van der Waals surface area contributed by atoms with Crippen LogP contribution < -0.4 is 0 Å². The van der Waals surface area contributed by atoms with E-state index in [1.807, 2.05) is 6.08 Å². The summed E-state index contributed by atoms with van der Waals surface area (Å²) < 4.78 is 38.4. The molecule has 0 aromatic carbocycles. The quantitative estimate of drug-likeness (QED) is 0.692. The highest BCUT2D eigenvalue weighted by atomic mass is 19.4. The van der Waals surface area contributed by atoms with Gasteiger partial charge in [-0.15, -0.1) is 0 Å². The van der Waals surface area contributed by atoms with Crippen LogP contribution in [0.25, 0.3) is 0 Å². The lowest BCUT2D eigenvalue weighted by atomic mass is 9.88. The average Bonchev–Trinajstić information content (AvgIpc) is 2.55. The monoisotopic (exact) mass is 257 g/mol. The molecule has 1 aliphatic heterocycles. The van der Waals surface area contributed by atoms with Gasteiger partial charge in [0, 0.05) is 5.57 Å². The zero-order valence-electron chi connectivity index (χ0n) is 10.5. The van der Waals surface area contributed by atoms with Crippen LogP contribution in [-0.4, -0.2) is 31.2 Å². The normalized spacial score (nSPS) is 23.6. The Hall–Kier alpha value is -1.03. The summed E-state index contributed by atoms with van der Waals surface area (Å²) in [4.78, 5) is 2.22. The van der Waals surface area contributed by atoms with E-state index in [-0.39, 0.29) is 12.3 Å². The molecule has 2 aliphatic rings. The smallest absolute Gasteiger partial charge is 0.306 e. The number of nitrogens with zero attached hydrogens (tertiary/aromatic N) is 1. The molecule has 1 saturated heterocycles. The second-order valence-corrected chi connectivity index (χ2v) is 5.04. The Balaban J connectivity index is 2.16. The minimum Gasteiger partial charge on any atom is -0.306 e. The van der Waals surface area contributed by atoms with Crippen molar-refractivity contribution in [3.05, 3.63) is 35.5 Å². The van der Waals surface area contributed by atoms with Crippen LogP contribution in [0, 0.1) is 5.92 Å². The third-order valence-corrected chi connectivity index (χ3v) is 3.66. The average molecular weight is 257 g/mol. The van der Waals surface area contributed by atoms with Gasteiger partial charge >= 0.3 is 6.18 Å². The van der Waals surface area contributed by atoms with Crippen molar-refractivity contribution in [3.8, 4) is 0 Å². The third-order valence-electron chi connectivity index (χ3n) is 3.66. The molecule has 18 heavy (non-hydrogen) atoms. The van der Waals surface area contributed by atoms with E-state index in [0.717, 1.165) is 31.5 Å². The molecule has 4 heteroatoms. The van der Waals surface area contributed by atoms with Crippen molar-refractivity contribution < 1.29 is 13.2 Å². The molecule has 1 fully saturated rings. The van der Waals surface area contributed by atoms with Crippen molar-refractivity contribution in [2.45, 2.75) is 25.4 Å². The summed E-state index contributed by atoms with van der Waals surface area (Å²) in [6, 6.07) is 0. The minimum atomic E-state index is -4.21. The topological polar surface area (TPSA) is 3.24 Å². The van der Waals surface area contributed by atoms with Gasteiger partial charge in [-0.25, -0.2) is 0 Å². The molecule has 2 rings (SSSR count). The highest BCUT2D eigenvalue weighted by molar-refractivity contribution is 5.35. The minimum absolute atomic E-state index is 0.0177. The maximum Gasteiger partial charge on any atom is 0.413 e. The number of rotatable bonds is 1. The Morgan fingerprint density at radius 2 is 1.89 bits per heavy atom. The van der Waals surface area contributed by atoms with E-state index in [4.69, 9.17) is 0 Å². The molecular formula is C14H18F3N. The second kappa shape index (κ2) is 5.31. The summed E-state index contributed by atoms with van der Waals surface area (Å²) in [5, 5.41) is 0. The Morgan fingerprint density at radius 1 is 1.22 bits per heavy atom.